The Morgan fingerprint density at radius 2 is 2.19 bits per heavy atom. The first-order valence-electron chi connectivity index (χ1n) is 6.79. The van der Waals surface area contributed by atoms with E-state index in [9.17, 15) is 9.59 Å². The number of carbonyl (C=O) groups excluding carboxylic acids is 2. The number of hydrogen-bond donors (Lipinski definition) is 1. The number of aromatic nitrogens is 1. The minimum Gasteiger partial charge on any atom is -0.375 e. The largest absolute Gasteiger partial charge is 0.375 e. The zero-order valence-electron chi connectivity index (χ0n) is 11.8. The minimum absolute atomic E-state index is 0.000316. The number of hydrogen-bond acceptors (Lipinski definition) is 4. The Balaban J connectivity index is 1.83. The van der Waals surface area contributed by atoms with Crippen LogP contribution in [0, 0.1) is 0 Å². The smallest absolute Gasteiger partial charge is 0.251 e. The normalized spacial score (nSPS) is 15.8. The molecule has 0 spiro atoms. The zero-order valence-corrected chi connectivity index (χ0v) is 13.4. The number of methoxy groups -OCH3 is 1. The highest BCUT2D eigenvalue weighted by Crippen LogP contribution is 2.13. The lowest BCUT2D eigenvalue weighted by molar-refractivity contribution is -0.136. The van der Waals surface area contributed by atoms with Gasteiger partial charge in [-0.05, 0) is 40.9 Å². The summed E-state index contributed by atoms with van der Waals surface area (Å²) in [6, 6.07) is 3.46. The van der Waals surface area contributed by atoms with Crippen molar-refractivity contribution in [2.45, 2.75) is 18.9 Å². The second-order valence-corrected chi connectivity index (χ2v) is 5.74. The maximum absolute atomic E-state index is 12.1. The first-order chi connectivity index (χ1) is 10.1. The summed E-state index contributed by atoms with van der Waals surface area (Å²) in [5.74, 6) is -0.111. The van der Waals surface area contributed by atoms with Gasteiger partial charge in [-0.2, -0.15) is 0 Å². The van der Waals surface area contributed by atoms with Gasteiger partial charge in [0.2, 0.25) is 5.91 Å². The number of halogens is 1. The molecule has 0 bridgehead atoms. The number of nitrogens with zero attached hydrogens (tertiary/aromatic N) is 2. The lowest BCUT2D eigenvalue weighted by Gasteiger charge is -2.32. The molecule has 0 atom stereocenters. The predicted octanol–water partition coefficient (Wildman–Crippen LogP) is 1.21. The Bertz CT molecular complexity index is 516. The third kappa shape index (κ3) is 4.50. The number of amides is 2. The Kier molecular flexibility index (Phi) is 5.69. The van der Waals surface area contributed by atoms with Gasteiger partial charge < -0.3 is 15.0 Å². The van der Waals surface area contributed by atoms with Crippen molar-refractivity contribution in [3.8, 4) is 0 Å². The van der Waals surface area contributed by atoms with E-state index in [-0.39, 0.29) is 24.5 Å². The molecule has 1 aromatic rings. The standard InChI is InChI=1S/C14H18BrN3O3/c1-21-9-13(19)18-6-3-11(4-7-18)17-14(20)10-2-5-16-12(15)8-10/h2,5,8,11H,3-4,6-7,9H2,1H3,(H,17,20). The van der Waals surface area contributed by atoms with Crippen LogP contribution in [0.15, 0.2) is 22.9 Å². The van der Waals surface area contributed by atoms with E-state index in [1.165, 1.54) is 7.11 Å². The molecule has 1 saturated heterocycles. The van der Waals surface area contributed by atoms with Gasteiger partial charge in [-0.1, -0.05) is 0 Å². The average Bonchev–Trinajstić information content (AvgIpc) is 2.48. The van der Waals surface area contributed by atoms with Crippen LogP contribution < -0.4 is 5.32 Å². The molecular formula is C14H18BrN3O3. The van der Waals surface area contributed by atoms with Gasteiger partial charge in [0.15, 0.2) is 0 Å². The van der Waals surface area contributed by atoms with Crippen molar-refractivity contribution >= 4 is 27.7 Å². The first kappa shape index (κ1) is 15.9. The van der Waals surface area contributed by atoms with E-state index in [2.05, 4.69) is 26.2 Å². The molecule has 1 aliphatic heterocycles. The van der Waals surface area contributed by atoms with Crippen LogP contribution >= 0.6 is 15.9 Å². The van der Waals surface area contributed by atoms with E-state index < -0.39 is 0 Å². The number of pyridine rings is 1. The molecule has 0 aliphatic carbocycles. The molecule has 21 heavy (non-hydrogen) atoms. The summed E-state index contributed by atoms with van der Waals surface area (Å²) in [5.41, 5.74) is 0.578. The third-order valence-corrected chi connectivity index (χ3v) is 3.87. The van der Waals surface area contributed by atoms with E-state index in [1.807, 2.05) is 0 Å². The molecule has 7 heteroatoms. The summed E-state index contributed by atoms with van der Waals surface area (Å²) in [6.45, 7) is 1.41. The Morgan fingerprint density at radius 3 is 2.81 bits per heavy atom. The van der Waals surface area contributed by atoms with Gasteiger partial charge >= 0.3 is 0 Å². The van der Waals surface area contributed by atoms with Crippen LogP contribution in [0.5, 0.6) is 0 Å². The predicted molar refractivity (Wildman–Crippen MR) is 80.9 cm³/mol. The second-order valence-electron chi connectivity index (χ2n) is 4.93. The van der Waals surface area contributed by atoms with Crippen LogP contribution in [0.2, 0.25) is 0 Å². The number of nitrogens with one attached hydrogen (secondary N) is 1. The Labute approximate surface area is 132 Å². The Hall–Kier alpha value is -1.47. The van der Waals surface area contributed by atoms with Crippen LogP contribution in [0.1, 0.15) is 23.2 Å². The van der Waals surface area contributed by atoms with Crippen molar-refractivity contribution < 1.29 is 14.3 Å². The van der Waals surface area contributed by atoms with Gasteiger partial charge in [-0.25, -0.2) is 4.98 Å². The molecule has 0 saturated carbocycles. The van der Waals surface area contributed by atoms with Crippen molar-refractivity contribution in [2.75, 3.05) is 26.8 Å². The van der Waals surface area contributed by atoms with Gasteiger partial charge in [0, 0.05) is 38.0 Å². The summed E-state index contributed by atoms with van der Waals surface area (Å²) >= 11 is 3.25. The van der Waals surface area contributed by atoms with E-state index in [1.54, 1.807) is 23.2 Å². The monoisotopic (exact) mass is 355 g/mol. The molecular weight excluding hydrogens is 338 g/mol. The SMILES string of the molecule is COCC(=O)N1CCC(NC(=O)c2ccnc(Br)c2)CC1. The molecule has 114 valence electrons. The molecule has 0 radical (unpaired) electrons. The quantitative estimate of drug-likeness (QED) is 0.824. The maximum atomic E-state index is 12.1. The van der Waals surface area contributed by atoms with Crippen molar-refractivity contribution in [1.82, 2.24) is 15.2 Å². The number of piperidine rings is 1. The van der Waals surface area contributed by atoms with Crippen molar-refractivity contribution in [1.29, 1.82) is 0 Å². The third-order valence-electron chi connectivity index (χ3n) is 3.44. The maximum Gasteiger partial charge on any atom is 0.251 e. The number of carbonyl (C=O) groups is 2. The van der Waals surface area contributed by atoms with Crippen LogP contribution in [0.4, 0.5) is 0 Å². The molecule has 1 aliphatic rings. The lowest BCUT2D eigenvalue weighted by atomic mass is 10.0. The van der Waals surface area contributed by atoms with Crippen LogP contribution in [0.3, 0.4) is 0 Å². The van der Waals surface area contributed by atoms with Gasteiger partial charge in [0.25, 0.3) is 5.91 Å². The lowest BCUT2D eigenvalue weighted by Crippen LogP contribution is -2.47. The summed E-state index contributed by atoms with van der Waals surface area (Å²) < 4.78 is 5.48. The molecule has 6 nitrogen and oxygen atoms in total. The molecule has 2 rings (SSSR count). The molecule has 1 N–H and O–H groups in total. The number of rotatable bonds is 4. The summed E-state index contributed by atoms with van der Waals surface area (Å²) in [6.07, 6.45) is 3.10. The fraction of sp³-hybridized carbons (Fsp3) is 0.500. The molecule has 1 aromatic heterocycles. The molecule has 2 heterocycles. The fourth-order valence-corrected chi connectivity index (χ4v) is 2.67. The number of ether oxygens (including phenoxy) is 1. The highest BCUT2D eigenvalue weighted by atomic mass is 79.9. The fourth-order valence-electron chi connectivity index (χ4n) is 2.30. The van der Waals surface area contributed by atoms with Gasteiger partial charge in [-0.3, -0.25) is 9.59 Å². The van der Waals surface area contributed by atoms with Gasteiger partial charge in [0.05, 0.1) is 0 Å². The molecule has 2 amide bonds. The van der Waals surface area contributed by atoms with Gasteiger partial charge in [0.1, 0.15) is 11.2 Å². The van der Waals surface area contributed by atoms with Gasteiger partial charge in [-0.15, -0.1) is 0 Å². The minimum atomic E-state index is -0.111. The summed E-state index contributed by atoms with van der Waals surface area (Å²) in [7, 11) is 1.51. The van der Waals surface area contributed by atoms with E-state index in [4.69, 9.17) is 4.74 Å². The van der Waals surface area contributed by atoms with Crippen LogP contribution in [-0.2, 0) is 9.53 Å². The molecule has 1 fully saturated rings. The highest BCUT2D eigenvalue weighted by Gasteiger charge is 2.23. The summed E-state index contributed by atoms with van der Waals surface area (Å²) in [4.78, 5) is 29.6. The molecule has 0 aromatic carbocycles. The van der Waals surface area contributed by atoms with Crippen LogP contribution in [-0.4, -0.2) is 54.5 Å². The van der Waals surface area contributed by atoms with E-state index in [0.29, 0.717) is 23.3 Å². The molecule has 0 unspecified atom stereocenters. The zero-order chi connectivity index (χ0) is 15.2. The van der Waals surface area contributed by atoms with Crippen LogP contribution in [0.25, 0.3) is 0 Å². The Morgan fingerprint density at radius 1 is 1.48 bits per heavy atom. The van der Waals surface area contributed by atoms with E-state index in [0.717, 1.165) is 12.8 Å². The second kappa shape index (κ2) is 7.51. The average molecular weight is 356 g/mol. The van der Waals surface area contributed by atoms with E-state index >= 15 is 0 Å². The summed E-state index contributed by atoms with van der Waals surface area (Å²) in [5, 5.41) is 3.00. The van der Waals surface area contributed by atoms with Crippen molar-refractivity contribution in [3.05, 3.63) is 28.5 Å². The number of likely N-dealkylation sites (tertiary alicyclic amines) is 1. The highest BCUT2D eigenvalue weighted by molar-refractivity contribution is 9.10. The topological polar surface area (TPSA) is 71.5 Å². The van der Waals surface area contributed by atoms with Crippen molar-refractivity contribution in [3.63, 3.8) is 0 Å². The first-order valence-corrected chi connectivity index (χ1v) is 7.58. The van der Waals surface area contributed by atoms with Crippen molar-refractivity contribution in [2.24, 2.45) is 0 Å².